The molecule has 1 aromatic carbocycles. The lowest BCUT2D eigenvalue weighted by Gasteiger charge is -2.10. The monoisotopic (exact) mass is 257 g/mol. The molecule has 0 atom stereocenters. The van der Waals surface area contributed by atoms with Crippen molar-refractivity contribution in [3.05, 3.63) is 23.8 Å². The highest BCUT2D eigenvalue weighted by atomic mass is 32.2. The van der Waals surface area contributed by atoms with Crippen molar-refractivity contribution in [1.29, 1.82) is 0 Å². The van der Waals surface area contributed by atoms with Crippen LogP contribution in [0, 0.1) is 6.92 Å². The fraction of sp³-hybridized carbons (Fsp3) is 0.500. The van der Waals surface area contributed by atoms with E-state index in [1.165, 1.54) is 7.11 Å². The van der Waals surface area contributed by atoms with E-state index in [2.05, 4.69) is 0 Å². The zero-order chi connectivity index (χ0) is 12.9. The van der Waals surface area contributed by atoms with Crippen molar-refractivity contribution in [3.63, 3.8) is 0 Å². The van der Waals surface area contributed by atoms with Gasteiger partial charge in [0.05, 0.1) is 12.9 Å². The number of aryl methyl sites for hydroxylation is 1. The predicted molar refractivity (Wildman–Crippen MR) is 68.1 cm³/mol. The molecule has 0 heterocycles. The van der Waals surface area contributed by atoms with Crippen molar-refractivity contribution < 1.29 is 13.2 Å². The summed E-state index contributed by atoms with van der Waals surface area (Å²) < 4.78 is 29.3. The van der Waals surface area contributed by atoms with Crippen LogP contribution in [0.15, 0.2) is 23.1 Å². The number of hydrogen-bond donors (Lipinski definition) is 1. The van der Waals surface area contributed by atoms with Gasteiger partial charge in [0.1, 0.15) is 10.6 Å². The lowest BCUT2D eigenvalue weighted by atomic mass is 10.2. The molecule has 0 aliphatic heterocycles. The minimum Gasteiger partial charge on any atom is -0.495 e. The summed E-state index contributed by atoms with van der Waals surface area (Å²) in [7, 11) is -1.80. The molecule has 0 fully saturated rings. The predicted octanol–water partition coefficient (Wildman–Crippen LogP) is 1.52. The SMILES string of the molecule is COc1ccc(C)cc1S(=O)(=O)CCCCN. The fourth-order valence-corrected chi connectivity index (χ4v) is 3.20. The third-order valence-electron chi connectivity index (χ3n) is 2.52. The topological polar surface area (TPSA) is 69.4 Å². The summed E-state index contributed by atoms with van der Waals surface area (Å²) >= 11 is 0. The fourth-order valence-electron chi connectivity index (χ4n) is 1.57. The first kappa shape index (κ1) is 14.0. The Morgan fingerprint density at radius 3 is 2.59 bits per heavy atom. The molecule has 0 aliphatic carbocycles. The molecular weight excluding hydrogens is 238 g/mol. The maximum absolute atomic E-state index is 12.1. The molecule has 17 heavy (non-hydrogen) atoms. The van der Waals surface area contributed by atoms with Crippen molar-refractivity contribution in [2.75, 3.05) is 19.4 Å². The highest BCUT2D eigenvalue weighted by Gasteiger charge is 2.19. The Kier molecular flexibility index (Phi) is 4.96. The molecule has 4 nitrogen and oxygen atoms in total. The Morgan fingerprint density at radius 2 is 2.00 bits per heavy atom. The summed E-state index contributed by atoms with van der Waals surface area (Å²) in [5, 5.41) is 0. The van der Waals surface area contributed by atoms with Crippen LogP contribution in [-0.4, -0.2) is 27.8 Å². The van der Waals surface area contributed by atoms with Gasteiger partial charge in [-0.15, -0.1) is 0 Å². The van der Waals surface area contributed by atoms with Gasteiger partial charge >= 0.3 is 0 Å². The molecule has 0 aromatic heterocycles. The molecule has 0 radical (unpaired) electrons. The van der Waals surface area contributed by atoms with Crippen LogP contribution in [0.3, 0.4) is 0 Å². The molecule has 1 rings (SSSR count). The Morgan fingerprint density at radius 1 is 1.29 bits per heavy atom. The first-order valence-corrected chi connectivity index (χ1v) is 7.24. The third-order valence-corrected chi connectivity index (χ3v) is 4.34. The van der Waals surface area contributed by atoms with Crippen molar-refractivity contribution in [2.24, 2.45) is 5.73 Å². The second-order valence-electron chi connectivity index (χ2n) is 3.97. The molecule has 0 amide bonds. The van der Waals surface area contributed by atoms with Gasteiger partial charge in [-0.05, 0) is 44.0 Å². The van der Waals surface area contributed by atoms with E-state index in [-0.39, 0.29) is 10.6 Å². The van der Waals surface area contributed by atoms with Gasteiger partial charge < -0.3 is 10.5 Å². The van der Waals surface area contributed by atoms with E-state index in [9.17, 15) is 8.42 Å². The van der Waals surface area contributed by atoms with Crippen LogP contribution in [0.1, 0.15) is 18.4 Å². The molecule has 0 bridgehead atoms. The van der Waals surface area contributed by atoms with Crippen LogP contribution < -0.4 is 10.5 Å². The van der Waals surface area contributed by atoms with E-state index in [0.29, 0.717) is 25.1 Å². The van der Waals surface area contributed by atoms with Gasteiger partial charge in [-0.3, -0.25) is 0 Å². The summed E-state index contributed by atoms with van der Waals surface area (Å²) in [4.78, 5) is 0.275. The summed E-state index contributed by atoms with van der Waals surface area (Å²) in [6.45, 7) is 2.37. The summed E-state index contributed by atoms with van der Waals surface area (Å²) in [5.41, 5.74) is 6.26. The van der Waals surface area contributed by atoms with Gasteiger partial charge in [0, 0.05) is 0 Å². The number of sulfone groups is 1. The van der Waals surface area contributed by atoms with Gasteiger partial charge in [0.15, 0.2) is 9.84 Å². The summed E-state index contributed by atoms with van der Waals surface area (Å²) in [5.74, 6) is 0.521. The first-order chi connectivity index (χ1) is 8.01. The maximum atomic E-state index is 12.1. The van der Waals surface area contributed by atoms with Gasteiger partial charge in [0.2, 0.25) is 0 Å². The molecule has 0 saturated carbocycles. The third kappa shape index (κ3) is 3.71. The van der Waals surface area contributed by atoms with Gasteiger partial charge in [0.25, 0.3) is 0 Å². The number of rotatable bonds is 6. The molecule has 1 aromatic rings. The number of benzene rings is 1. The van der Waals surface area contributed by atoms with E-state index >= 15 is 0 Å². The molecule has 2 N–H and O–H groups in total. The highest BCUT2D eigenvalue weighted by molar-refractivity contribution is 7.91. The second-order valence-corrected chi connectivity index (χ2v) is 6.05. The van der Waals surface area contributed by atoms with E-state index < -0.39 is 9.84 Å². The van der Waals surface area contributed by atoms with Crippen LogP contribution in [-0.2, 0) is 9.84 Å². The smallest absolute Gasteiger partial charge is 0.182 e. The largest absolute Gasteiger partial charge is 0.495 e. The summed E-state index contributed by atoms with van der Waals surface area (Å²) in [6, 6.07) is 5.17. The number of hydrogen-bond acceptors (Lipinski definition) is 4. The highest BCUT2D eigenvalue weighted by Crippen LogP contribution is 2.26. The minimum absolute atomic E-state index is 0.115. The molecule has 96 valence electrons. The average molecular weight is 257 g/mol. The lowest BCUT2D eigenvalue weighted by molar-refractivity contribution is 0.402. The quantitative estimate of drug-likeness (QED) is 0.784. The van der Waals surface area contributed by atoms with Crippen LogP contribution in [0.25, 0.3) is 0 Å². The molecule has 0 aliphatic rings. The van der Waals surface area contributed by atoms with E-state index in [4.69, 9.17) is 10.5 Å². The lowest BCUT2D eigenvalue weighted by Crippen LogP contribution is -2.10. The van der Waals surface area contributed by atoms with Crippen molar-refractivity contribution in [2.45, 2.75) is 24.7 Å². The van der Waals surface area contributed by atoms with Gasteiger partial charge in [-0.25, -0.2) is 8.42 Å². The Labute approximate surface area is 103 Å². The van der Waals surface area contributed by atoms with Crippen LogP contribution in [0.4, 0.5) is 0 Å². The maximum Gasteiger partial charge on any atom is 0.182 e. The number of unbranched alkanes of at least 4 members (excludes halogenated alkanes) is 1. The van der Waals surface area contributed by atoms with E-state index in [1.807, 2.05) is 13.0 Å². The van der Waals surface area contributed by atoms with Crippen LogP contribution in [0.2, 0.25) is 0 Å². The Hall–Kier alpha value is -1.07. The number of ether oxygens (including phenoxy) is 1. The zero-order valence-corrected chi connectivity index (χ0v) is 11.1. The Bertz CT molecular complexity index is 469. The summed E-state index contributed by atoms with van der Waals surface area (Å²) in [6.07, 6.45) is 1.29. The van der Waals surface area contributed by atoms with Gasteiger partial charge in [-0.2, -0.15) is 0 Å². The normalized spacial score (nSPS) is 11.5. The number of nitrogens with two attached hydrogens (primary N) is 1. The molecule has 5 heteroatoms. The van der Waals surface area contributed by atoms with Gasteiger partial charge in [-0.1, -0.05) is 6.07 Å². The average Bonchev–Trinajstić information content (AvgIpc) is 2.29. The Balaban J connectivity index is 3.00. The van der Waals surface area contributed by atoms with E-state index in [1.54, 1.807) is 12.1 Å². The molecule has 0 spiro atoms. The van der Waals surface area contributed by atoms with Crippen molar-refractivity contribution in [1.82, 2.24) is 0 Å². The molecular formula is C12H19NO3S. The standard InChI is InChI=1S/C12H19NO3S/c1-10-5-6-11(16-2)12(9-10)17(14,15)8-4-3-7-13/h5-6,9H,3-4,7-8,13H2,1-2H3. The van der Waals surface area contributed by atoms with Crippen LogP contribution >= 0.6 is 0 Å². The number of methoxy groups -OCH3 is 1. The zero-order valence-electron chi connectivity index (χ0n) is 10.3. The van der Waals surface area contributed by atoms with Crippen molar-refractivity contribution >= 4 is 9.84 Å². The van der Waals surface area contributed by atoms with E-state index in [0.717, 1.165) is 5.56 Å². The molecule has 0 unspecified atom stereocenters. The minimum atomic E-state index is -3.28. The second kappa shape index (κ2) is 6.02. The van der Waals surface area contributed by atoms with Crippen molar-refractivity contribution in [3.8, 4) is 5.75 Å². The van der Waals surface area contributed by atoms with Crippen LogP contribution in [0.5, 0.6) is 5.75 Å². The molecule has 0 saturated heterocycles. The first-order valence-electron chi connectivity index (χ1n) is 5.58.